The number of esters is 1. The second-order valence-electron chi connectivity index (χ2n) is 7.60. The van der Waals surface area contributed by atoms with E-state index in [1.54, 1.807) is 31.2 Å². The topological polar surface area (TPSA) is 90.1 Å². The minimum atomic E-state index is -0.508. The first kappa shape index (κ1) is 24.2. The molecule has 0 aliphatic carbocycles. The average molecular weight is 495 g/mol. The SMILES string of the molecule is CCOC(=O)c1c(N=c2oc3c(OC)cccc3cc2C(=O)Nc2ccc(F)cc2)sc(C)c1C. The van der Waals surface area contributed by atoms with Gasteiger partial charge in [-0.15, -0.1) is 11.3 Å². The maximum absolute atomic E-state index is 13.3. The third kappa shape index (κ3) is 4.95. The molecule has 1 amide bonds. The lowest BCUT2D eigenvalue weighted by Crippen LogP contribution is -2.21. The predicted molar refractivity (Wildman–Crippen MR) is 132 cm³/mol. The van der Waals surface area contributed by atoms with Gasteiger partial charge in [0.25, 0.3) is 5.91 Å². The van der Waals surface area contributed by atoms with Gasteiger partial charge in [0.1, 0.15) is 16.4 Å². The lowest BCUT2D eigenvalue weighted by molar-refractivity contribution is 0.0527. The van der Waals surface area contributed by atoms with Crippen LogP contribution in [0.5, 0.6) is 5.75 Å². The van der Waals surface area contributed by atoms with Crippen LogP contribution in [0.15, 0.2) is 57.9 Å². The Morgan fingerprint density at radius 1 is 1.14 bits per heavy atom. The summed E-state index contributed by atoms with van der Waals surface area (Å²) >= 11 is 1.30. The van der Waals surface area contributed by atoms with Crippen LogP contribution in [0.4, 0.5) is 15.1 Å². The fourth-order valence-corrected chi connectivity index (χ4v) is 4.50. The number of rotatable bonds is 6. The number of benzene rings is 2. The lowest BCUT2D eigenvalue weighted by Gasteiger charge is -2.09. The summed E-state index contributed by atoms with van der Waals surface area (Å²) in [5.41, 5.74) is 2.01. The molecule has 2 aromatic heterocycles. The van der Waals surface area contributed by atoms with Gasteiger partial charge in [-0.05, 0) is 62.7 Å². The van der Waals surface area contributed by atoms with E-state index in [4.69, 9.17) is 13.9 Å². The van der Waals surface area contributed by atoms with E-state index in [-0.39, 0.29) is 17.7 Å². The van der Waals surface area contributed by atoms with E-state index in [9.17, 15) is 14.0 Å². The molecule has 0 atom stereocenters. The molecule has 0 spiro atoms. The van der Waals surface area contributed by atoms with E-state index in [0.717, 1.165) is 10.4 Å². The van der Waals surface area contributed by atoms with Crippen molar-refractivity contribution in [2.24, 2.45) is 4.99 Å². The number of nitrogens with one attached hydrogen (secondary N) is 1. The van der Waals surface area contributed by atoms with E-state index < -0.39 is 17.7 Å². The molecular formula is C26H23FN2O5S. The summed E-state index contributed by atoms with van der Waals surface area (Å²) in [6.07, 6.45) is 0. The van der Waals surface area contributed by atoms with E-state index in [2.05, 4.69) is 10.3 Å². The first-order valence-corrected chi connectivity index (χ1v) is 11.6. The van der Waals surface area contributed by atoms with Crippen LogP contribution in [-0.4, -0.2) is 25.6 Å². The third-order valence-electron chi connectivity index (χ3n) is 5.35. The number of ether oxygens (including phenoxy) is 2. The van der Waals surface area contributed by atoms with Crippen molar-refractivity contribution < 1.29 is 27.9 Å². The zero-order valence-electron chi connectivity index (χ0n) is 19.6. The zero-order valence-corrected chi connectivity index (χ0v) is 20.4. The van der Waals surface area contributed by atoms with Crippen LogP contribution in [0, 0.1) is 19.7 Å². The van der Waals surface area contributed by atoms with Crippen LogP contribution < -0.4 is 15.6 Å². The molecule has 1 N–H and O–H groups in total. The summed E-state index contributed by atoms with van der Waals surface area (Å²) in [5, 5.41) is 3.72. The van der Waals surface area contributed by atoms with Crippen molar-refractivity contribution in [2.75, 3.05) is 19.0 Å². The molecule has 0 bridgehead atoms. The van der Waals surface area contributed by atoms with Gasteiger partial charge in [0, 0.05) is 16.0 Å². The summed E-state index contributed by atoms with van der Waals surface area (Å²) in [6.45, 7) is 5.64. The molecule has 7 nitrogen and oxygen atoms in total. The molecule has 0 fully saturated rings. The minimum absolute atomic E-state index is 0.00610. The number of fused-ring (bicyclic) bond motifs is 1. The maximum atomic E-state index is 13.3. The van der Waals surface area contributed by atoms with E-state index >= 15 is 0 Å². The second-order valence-corrected chi connectivity index (χ2v) is 8.80. The second kappa shape index (κ2) is 10.1. The van der Waals surface area contributed by atoms with Gasteiger partial charge in [-0.2, -0.15) is 0 Å². The van der Waals surface area contributed by atoms with E-state index in [1.165, 1.54) is 42.7 Å². The number of aryl methyl sites for hydroxylation is 1. The number of hydrogen-bond donors (Lipinski definition) is 1. The normalized spacial score (nSPS) is 11.5. The van der Waals surface area contributed by atoms with Gasteiger partial charge in [-0.25, -0.2) is 14.2 Å². The zero-order chi connectivity index (χ0) is 25.1. The quantitative estimate of drug-likeness (QED) is 0.336. The summed E-state index contributed by atoms with van der Waals surface area (Å²) in [7, 11) is 1.51. The first-order valence-electron chi connectivity index (χ1n) is 10.8. The molecule has 0 aliphatic heterocycles. The standard InChI is InChI=1S/C26H23FN2O5S/c1-5-33-26(31)21-14(2)15(3)35-25(21)29-24-19(23(30)28-18-11-9-17(27)10-12-18)13-16-7-6-8-20(32-4)22(16)34-24/h6-13H,5H2,1-4H3,(H,28,30). The number of para-hydroxylation sites is 1. The Hall–Kier alpha value is -3.98. The summed E-state index contributed by atoms with van der Waals surface area (Å²) in [5.74, 6) is -0.953. The Bertz CT molecular complexity index is 1490. The summed E-state index contributed by atoms with van der Waals surface area (Å²) < 4.78 is 30.0. The van der Waals surface area contributed by atoms with E-state index in [0.29, 0.717) is 33.0 Å². The molecule has 35 heavy (non-hydrogen) atoms. The molecular weight excluding hydrogens is 471 g/mol. The van der Waals surface area contributed by atoms with Crippen molar-refractivity contribution in [3.05, 3.63) is 81.5 Å². The highest BCUT2D eigenvalue weighted by molar-refractivity contribution is 7.16. The predicted octanol–water partition coefficient (Wildman–Crippen LogP) is 5.92. The van der Waals surface area contributed by atoms with Crippen LogP contribution in [0.1, 0.15) is 38.1 Å². The number of amides is 1. The Balaban J connectivity index is 1.93. The van der Waals surface area contributed by atoms with Gasteiger partial charge in [-0.3, -0.25) is 4.79 Å². The molecule has 4 rings (SSSR count). The largest absolute Gasteiger partial charge is 0.493 e. The number of carbonyl (C=O) groups excluding carboxylic acids is 2. The van der Waals surface area contributed by atoms with Gasteiger partial charge in [0.05, 0.1) is 19.3 Å². The molecule has 0 unspecified atom stereocenters. The van der Waals surface area contributed by atoms with Crippen LogP contribution >= 0.6 is 11.3 Å². The smallest absolute Gasteiger partial charge is 0.341 e. The molecule has 180 valence electrons. The Morgan fingerprint density at radius 2 is 1.89 bits per heavy atom. The number of thiophene rings is 1. The number of halogens is 1. The molecule has 0 radical (unpaired) electrons. The van der Waals surface area contributed by atoms with Crippen LogP contribution in [0.2, 0.25) is 0 Å². The molecule has 4 aromatic rings. The maximum Gasteiger partial charge on any atom is 0.341 e. The highest BCUT2D eigenvalue weighted by atomic mass is 32.1. The van der Waals surface area contributed by atoms with Gasteiger partial charge >= 0.3 is 5.97 Å². The minimum Gasteiger partial charge on any atom is -0.493 e. The number of nitrogens with zero attached hydrogens (tertiary/aromatic N) is 1. The summed E-state index contributed by atoms with van der Waals surface area (Å²) in [6, 6.07) is 12.3. The van der Waals surface area contributed by atoms with Gasteiger partial charge < -0.3 is 19.2 Å². The van der Waals surface area contributed by atoms with Crippen molar-refractivity contribution in [3.8, 4) is 5.75 Å². The van der Waals surface area contributed by atoms with Crippen molar-refractivity contribution in [2.45, 2.75) is 20.8 Å². The van der Waals surface area contributed by atoms with E-state index in [1.807, 2.05) is 13.8 Å². The monoisotopic (exact) mass is 494 g/mol. The summed E-state index contributed by atoms with van der Waals surface area (Å²) in [4.78, 5) is 31.4. The Labute approximate surface area is 204 Å². The number of carbonyl (C=O) groups is 2. The van der Waals surface area contributed by atoms with Crippen molar-refractivity contribution >= 4 is 44.9 Å². The molecule has 0 aliphatic rings. The number of anilines is 1. The fraction of sp³-hybridized carbons (Fsp3) is 0.192. The lowest BCUT2D eigenvalue weighted by atomic mass is 10.1. The van der Waals surface area contributed by atoms with Gasteiger partial charge in [0.15, 0.2) is 11.3 Å². The fourth-order valence-electron chi connectivity index (χ4n) is 3.49. The molecule has 9 heteroatoms. The van der Waals surface area contributed by atoms with Crippen molar-refractivity contribution in [1.29, 1.82) is 0 Å². The Kier molecular flexibility index (Phi) is 6.97. The Morgan fingerprint density at radius 3 is 2.57 bits per heavy atom. The van der Waals surface area contributed by atoms with Crippen molar-refractivity contribution in [3.63, 3.8) is 0 Å². The molecule has 2 heterocycles. The highest BCUT2D eigenvalue weighted by Gasteiger charge is 2.22. The number of hydrogen-bond acceptors (Lipinski definition) is 7. The highest BCUT2D eigenvalue weighted by Crippen LogP contribution is 2.35. The molecule has 0 saturated heterocycles. The van der Waals surface area contributed by atoms with Crippen LogP contribution in [-0.2, 0) is 4.74 Å². The van der Waals surface area contributed by atoms with Gasteiger partial charge in [-0.1, -0.05) is 12.1 Å². The third-order valence-corrected chi connectivity index (χ3v) is 6.46. The van der Waals surface area contributed by atoms with Crippen LogP contribution in [0.25, 0.3) is 11.0 Å². The number of methoxy groups -OCH3 is 1. The molecule has 2 aromatic carbocycles. The average Bonchev–Trinajstić information content (AvgIpc) is 3.12. The first-order chi connectivity index (χ1) is 16.8. The van der Waals surface area contributed by atoms with Crippen LogP contribution in [0.3, 0.4) is 0 Å². The van der Waals surface area contributed by atoms with Gasteiger partial charge in [0.2, 0.25) is 5.55 Å². The van der Waals surface area contributed by atoms with Crippen molar-refractivity contribution in [1.82, 2.24) is 0 Å². The molecule has 0 saturated carbocycles.